The Morgan fingerprint density at radius 2 is 1.71 bits per heavy atom. The van der Waals surface area contributed by atoms with E-state index in [0.717, 1.165) is 37.9 Å². The topological polar surface area (TPSA) is 41.5 Å². The van der Waals surface area contributed by atoms with Crippen LogP contribution in [0.25, 0.3) is 0 Å². The molecule has 0 aromatic carbocycles. The lowest BCUT2D eigenvalue weighted by Crippen LogP contribution is -2.52. The number of hydrogen-bond donors (Lipinski definition) is 0. The normalized spacial score (nSPS) is 30.0. The molecule has 0 unspecified atom stereocenters. The summed E-state index contributed by atoms with van der Waals surface area (Å²) < 4.78 is 5.92. The number of ether oxygens (including phenoxy) is 1. The average Bonchev–Trinajstić information content (AvgIpc) is 2.65. The molecule has 0 bridgehead atoms. The van der Waals surface area contributed by atoms with E-state index in [0.29, 0.717) is 6.01 Å². The zero-order valence-electron chi connectivity index (χ0n) is 14.6. The van der Waals surface area contributed by atoms with E-state index < -0.39 is 0 Å². The van der Waals surface area contributed by atoms with Gasteiger partial charge in [-0.2, -0.15) is 0 Å². The lowest BCUT2D eigenvalue weighted by molar-refractivity contribution is 0.0251. The van der Waals surface area contributed by atoms with Crippen molar-refractivity contribution in [2.45, 2.75) is 57.1 Å². The molecule has 132 valence electrons. The second-order valence-corrected chi connectivity index (χ2v) is 7.65. The zero-order chi connectivity index (χ0) is 16.2. The van der Waals surface area contributed by atoms with Gasteiger partial charge in [0, 0.05) is 38.1 Å². The molecule has 0 radical (unpaired) electrons. The highest BCUT2D eigenvalue weighted by Gasteiger charge is 2.34. The van der Waals surface area contributed by atoms with Crippen molar-refractivity contribution in [1.82, 2.24) is 19.8 Å². The van der Waals surface area contributed by atoms with Crippen molar-refractivity contribution in [3.8, 4) is 6.01 Å². The van der Waals surface area contributed by atoms with Crippen LogP contribution in [-0.4, -0.2) is 64.6 Å². The number of aromatic nitrogens is 2. The molecule has 4 rings (SSSR count). The molecule has 5 heteroatoms. The van der Waals surface area contributed by atoms with Gasteiger partial charge in [0.2, 0.25) is 0 Å². The van der Waals surface area contributed by atoms with Crippen molar-refractivity contribution >= 4 is 0 Å². The van der Waals surface area contributed by atoms with Gasteiger partial charge < -0.3 is 14.5 Å². The fourth-order valence-corrected chi connectivity index (χ4v) is 4.83. The Bertz CT molecular complexity index is 501. The van der Waals surface area contributed by atoms with E-state index in [1.165, 1.54) is 51.7 Å². The van der Waals surface area contributed by atoms with Crippen LogP contribution in [0.2, 0.25) is 0 Å². The third kappa shape index (κ3) is 3.89. The van der Waals surface area contributed by atoms with Gasteiger partial charge in [-0.3, -0.25) is 0 Å². The van der Waals surface area contributed by atoms with Crippen LogP contribution < -0.4 is 4.74 Å². The summed E-state index contributed by atoms with van der Waals surface area (Å²) in [7, 11) is 0. The number of likely N-dealkylation sites (tertiary alicyclic amines) is 1. The molecule has 3 saturated heterocycles. The number of rotatable bonds is 4. The Morgan fingerprint density at radius 1 is 0.917 bits per heavy atom. The Hall–Kier alpha value is -1.20. The highest BCUT2D eigenvalue weighted by atomic mass is 16.5. The average molecular weight is 330 g/mol. The van der Waals surface area contributed by atoms with E-state index in [1.807, 2.05) is 6.07 Å². The van der Waals surface area contributed by atoms with E-state index in [4.69, 9.17) is 4.74 Å². The molecule has 0 spiro atoms. The van der Waals surface area contributed by atoms with Gasteiger partial charge in [0.1, 0.15) is 6.10 Å². The minimum Gasteiger partial charge on any atom is -0.460 e. The third-order valence-corrected chi connectivity index (χ3v) is 6.07. The third-order valence-electron chi connectivity index (χ3n) is 6.07. The first-order chi connectivity index (χ1) is 11.9. The fraction of sp³-hybridized carbons (Fsp3) is 0.789. The molecule has 0 aliphatic carbocycles. The predicted octanol–water partition coefficient (Wildman–Crippen LogP) is 2.58. The van der Waals surface area contributed by atoms with Gasteiger partial charge in [-0.1, -0.05) is 6.42 Å². The minimum absolute atomic E-state index is 0.279. The molecule has 0 amide bonds. The molecule has 1 aromatic heterocycles. The van der Waals surface area contributed by atoms with E-state index in [1.54, 1.807) is 12.4 Å². The molecule has 3 aliphatic rings. The van der Waals surface area contributed by atoms with Crippen LogP contribution in [-0.2, 0) is 0 Å². The molecular weight excluding hydrogens is 300 g/mol. The quantitative estimate of drug-likeness (QED) is 0.849. The van der Waals surface area contributed by atoms with Gasteiger partial charge in [0.05, 0.1) is 0 Å². The molecule has 3 fully saturated rings. The Balaban J connectivity index is 1.25. The van der Waals surface area contributed by atoms with Gasteiger partial charge in [-0.25, -0.2) is 9.97 Å². The number of fused-ring (bicyclic) bond motifs is 1. The first-order valence-electron chi connectivity index (χ1n) is 9.78. The second kappa shape index (κ2) is 7.79. The molecular formula is C19H30N4O. The maximum Gasteiger partial charge on any atom is 0.316 e. The maximum atomic E-state index is 5.92. The monoisotopic (exact) mass is 330 g/mol. The van der Waals surface area contributed by atoms with Crippen molar-refractivity contribution < 1.29 is 4.74 Å². The van der Waals surface area contributed by atoms with Gasteiger partial charge >= 0.3 is 6.01 Å². The Labute approximate surface area is 145 Å². The first-order valence-corrected chi connectivity index (χ1v) is 9.78. The summed E-state index contributed by atoms with van der Waals surface area (Å²) in [5.41, 5.74) is 0. The lowest BCUT2D eigenvalue weighted by atomic mass is 9.83. The van der Waals surface area contributed by atoms with Crippen molar-refractivity contribution in [2.75, 3.05) is 32.7 Å². The van der Waals surface area contributed by atoms with Gasteiger partial charge in [-0.05, 0) is 63.6 Å². The summed E-state index contributed by atoms with van der Waals surface area (Å²) in [5, 5.41) is 0. The van der Waals surface area contributed by atoms with Crippen LogP contribution >= 0.6 is 0 Å². The summed E-state index contributed by atoms with van der Waals surface area (Å²) >= 11 is 0. The summed E-state index contributed by atoms with van der Waals surface area (Å²) in [6, 6.07) is 3.22. The largest absolute Gasteiger partial charge is 0.460 e. The van der Waals surface area contributed by atoms with E-state index in [-0.39, 0.29) is 6.10 Å². The van der Waals surface area contributed by atoms with Crippen molar-refractivity contribution in [1.29, 1.82) is 0 Å². The first kappa shape index (κ1) is 16.3. The predicted molar refractivity (Wildman–Crippen MR) is 94.1 cm³/mol. The van der Waals surface area contributed by atoms with Crippen LogP contribution in [0.15, 0.2) is 18.5 Å². The van der Waals surface area contributed by atoms with E-state index in [2.05, 4.69) is 19.8 Å². The van der Waals surface area contributed by atoms with E-state index in [9.17, 15) is 0 Å². The molecule has 3 aliphatic heterocycles. The van der Waals surface area contributed by atoms with Gasteiger partial charge in [0.25, 0.3) is 0 Å². The summed E-state index contributed by atoms with van der Waals surface area (Å²) in [4.78, 5) is 13.8. The van der Waals surface area contributed by atoms with Crippen molar-refractivity contribution in [3.63, 3.8) is 0 Å². The minimum atomic E-state index is 0.279. The van der Waals surface area contributed by atoms with Gasteiger partial charge in [-0.15, -0.1) is 0 Å². The van der Waals surface area contributed by atoms with Gasteiger partial charge in [0.15, 0.2) is 0 Å². The van der Waals surface area contributed by atoms with Crippen molar-refractivity contribution in [3.05, 3.63) is 18.5 Å². The summed E-state index contributed by atoms with van der Waals surface area (Å²) in [6.45, 7) is 6.28. The number of piperidine rings is 3. The number of hydrogen-bond acceptors (Lipinski definition) is 5. The maximum absolute atomic E-state index is 5.92. The molecule has 0 saturated carbocycles. The van der Waals surface area contributed by atoms with Crippen LogP contribution in [0.4, 0.5) is 0 Å². The lowest BCUT2D eigenvalue weighted by Gasteiger charge is -2.46. The summed E-state index contributed by atoms with van der Waals surface area (Å²) in [6.07, 6.45) is 13.1. The molecule has 24 heavy (non-hydrogen) atoms. The molecule has 0 N–H and O–H groups in total. The zero-order valence-corrected chi connectivity index (χ0v) is 14.6. The summed E-state index contributed by atoms with van der Waals surface area (Å²) in [5.74, 6) is 0.883. The molecule has 1 aromatic rings. The fourth-order valence-electron chi connectivity index (χ4n) is 4.83. The molecule has 4 heterocycles. The van der Waals surface area contributed by atoms with Crippen LogP contribution in [0.5, 0.6) is 6.01 Å². The molecule has 2 atom stereocenters. The Morgan fingerprint density at radius 3 is 2.54 bits per heavy atom. The second-order valence-electron chi connectivity index (χ2n) is 7.65. The highest BCUT2D eigenvalue weighted by molar-refractivity contribution is 4.95. The Kier molecular flexibility index (Phi) is 5.28. The van der Waals surface area contributed by atoms with Crippen LogP contribution in [0, 0.1) is 5.92 Å². The van der Waals surface area contributed by atoms with Crippen LogP contribution in [0.3, 0.4) is 0 Å². The SMILES string of the molecule is c1cnc(OC2CCN(C[C@@H]3CCCN4CCCC[C@H]34)CC2)nc1. The van der Waals surface area contributed by atoms with Crippen LogP contribution in [0.1, 0.15) is 44.9 Å². The highest BCUT2D eigenvalue weighted by Crippen LogP contribution is 2.32. The van der Waals surface area contributed by atoms with E-state index >= 15 is 0 Å². The smallest absolute Gasteiger partial charge is 0.316 e. The molecule has 5 nitrogen and oxygen atoms in total. The van der Waals surface area contributed by atoms with Crippen molar-refractivity contribution in [2.24, 2.45) is 5.92 Å². The number of nitrogens with zero attached hydrogens (tertiary/aromatic N) is 4. The standard InChI is InChI=1S/C19H30N4O/c1-2-11-23-12-3-5-16(18(23)6-1)15-22-13-7-17(8-14-22)24-19-20-9-4-10-21-19/h4,9-10,16-18H,1-3,5-8,11-15H2/t16-,18+/m0/s1.